The molecule has 1 spiro atoms. The van der Waals surface area contributed by atoms with Gasteiger partial charge in [0.05, 0.1) is 0 Å². The summed E-state index contributed by atoms with van der Waals surface area (Å²) in [6.07, 6.45) is 2.25. The second kappa shape index (κ2) is 7.47. The lowest BCUT2D eigenvalue weighted by Gasteiger charge is -2.31. The van der Waals surface area contributed by atoms with Crippen LogP contribution < -0.4 is 21.5 Å². The third-order valence-corrected chi connectivity index (χ3v) is 6.97. The molecule has 10 nitrogen and oxygen atoms in total. The van der Waals surface area contributed by atoms with Crippen molar-refractivity contribution in [3.8, 4) is 0 Å². The molecule has 1 aliphatic heterocycles. The van der Waals surface area contributed by atoms with Gasteiger partial charge in [0.1, 0.15) is 35.4 Å². The highest BCUT2D eigenvalue weighted by molar-refractivity contribution is 5.97. The SMILES string of the molecule is Cc1ccc2c(c1)[C@H](O)C1(C2)NC(=O)c2c(C)cc(Nc3cc(NC(=O)C4CC4)ncn3)c(=O)n21. The standard InChI is InChI=1S/C25H24N6O4/c1-12-3-4-15-10-25(21(32)16(15)7-12)30-23(34)20-13(2)8-17(24(35)31(20)25)28-18-9-19(27-11-26-18)29-22(33)14-5-6-14/h3-4,7-9,11,14,21,32H,5-6,10H2,1-2H3,(H,30,34)(H2,26,27,28,29,33)/t21-,25?/m0/s1. The number of rotatable bonds is 4. The number of aromatic nitrogens is 3. The zero-order chi connectivity index (χ0) is 24.5. The van der Waals surface area contributed by atoms with Gasteiger partial charge in [-0.3, -0.25) is 19.0 Å². The van der Waals surface area contributed by atoms with Crippen LogP contribution in [0.4, 0.5) is 17.3 Å². The molecule has 178 valence electrons. The predicted molar refractivity (Wildman–Crippen MR) is 127 cm³/mol. The van der Waals surface area contributed by atoms with E-state index in [2.05, 4.69) is 25.9 Å². The third-order valence-electron chi connectivity index (χ3n) is 6.97. The van der Waals surface area contributed by atoms with Crippen molar-refractivity contribution >= 4 is 29.1 Å². The lowest BCUT2D eigenvalue weighted by molar-refractivity contribution is -0.117. The van der Waals surface area contributed by atoms with Gasteiger partial charge in [0.25, 0.3) is 11.5 Å². The van der Waals surface area contributed by atoms with Gasteiger partial charge >= 0.3 is 0 Å². The van der Waals surface area contributed by atoms with Crippen molar-refractivity contribution < 1.29 is 14.7 Å². The number of carbonyl (C=O) groups is 2. The molecule has 0 radical (unpaired) electrons. The molecule has 35 heavy (non-hydrogen) atoms. The summed E-state index contributed by atoms with van der Waals surface area (Å²) in [7, 11) is 0. The van der Waals surface area contributed by atoms with Crippen LogP contribution in [0.5, 0.6) is 0 Å². The Labute approximate surface area is 200 Å². The summed E-state index contributed by atoms with van der Waals surface area (Å²) >= 11 is 0. The minimum absolute atomic E-state index is 0.0253. The first kappa shape index (κ1) is 21.5. The van der Waals surface area contributed by atoms with E-state index in [1.165, 1.54) is 10.9 Å². The molecule has 0 saturated heterocycles. The number of aliphatic hydroxyl groups is 1. The summed E-state index contributed by atoms with van der Waals surface area (Å²) in [6, 6.07) is 8.90. The van der Waals surface area contributed by atoms with Gasteiger partial charge in [0, 0.05) is 18.4 Å². The van der Waals surface area contributed by atoms with Crippen molar-refractivity contribution in [1.82, 2.24) is 19.9 Å². The van der Waals surface area contributed by atoms with Crippen LogP contribution in [-0.2, 0) is 16.9 Å². The highest BCUT2D eigenvalue weighted by Crippen LogP contribution is 2.45. The van der Waals surface area contributed by atoms with E-state index in [1.54, 1.807) is 19.1 Å². The van der Waals surface area contributed by atoms with Crippen molar-refractivity contribution in [2.75, 3.05) is 10.6 Å². The summed E-state index contributed by atoms with van der Waals surface area (Å²) in [5.41, 5.74) is 1.79. The highest BCUT2D eigenvalue weighted by Gasteiger charge is 2.54. The van der Waals surface area contributed by atoms with Gasteiger partial charge in [-0.25, -0.2) is 9.97 Å². The minimum atomic E-state index is -1.31. The quantitative estimate of drug-likeness (QED) is 0.456. The number of pyridine rings is 1. The van der Waals surface area contributed by atoms with Gasteiger partial charge in [0.2, 0.25) is 5.91 Å². The fourth-order valence-corrected chi connectivity index (χ4v) is 5.10. The molecule has 2 amide bonds. The van der Waals surface area contributed by atoms with E-state index < -0.39 is 23.2 Å². The Morgan fingerprint density at radius 3 is 2.69 bits per heavy atom. The van der Waals surface area contributed by atoms with Gasteiger partial charge in [0.15, 0.2) is 5.66 Å². The van der Waals surface area contributed by atoms with Crippen LogP contribution in [0.15, 0.2) is 41.5 Å². The van der Waals surface area contributed by atoms with E-state index in [0.717, 1.165) is 24.0 Å². The molecule has 2 atom stereocenters. The summed E-state index contributed by atoms with van der Waals surface area (Å²) in [4.78, 5) is 47.0. The molecular weight excluding hydrogens is 448 g/mol. The number of anilines is 3. The Kier molecular flexibility index (Phi) is 4.59. The summed E-state index contributed by atoms with van der Waals surface area (Å²) in [6.45, 7) is 3.68. The Balaban J connectivity index is 1.39. The maximum Gasteiger partial charge on any atom is 0.276 e. The van der Waals surface area contributed by atoms with Crippen LogP contribution >= 0.6 is 0 Å². The van der Waals surface area contributed by atoms with Crippen LogP contribution in [0.2, 0.25) is 0 Å². The van der Waals surface area contributed by atoms with Crippen molar-refractivity contribution in [2.45, 2.75) is 44.9 Å². The van der Waals surface area contributed by atoms with Crippen LogP contribution in [0, 0.1) is 19.8 Å². The molecule has 1 aromatic carbocycles. The van der Waals surface area contributed by atoms with Crippen molar-refractivity contribution in [1.29, 1.82) is 0 Å². The smallest absolute Gasteiger partial charge is 0.276 e. The molecule has 2 aromatic heterocycles. The first-order valence-electron chi connectivity index (χ1n) is 11.5. The predicted octanol–water partition coefficient (Wildman–Crippen LogP) is 2.03. The number of nitrogens with zero attached hydrogens (tertiary/aromatic N) is 3. The number of hydrogen-bond donors (Lipinski definition) is 4. The number of benzene rings is 1. The van der Waals surface area contributed by atoms with Gasteiger partial charge in [-0.05, 0) is 49.4 Å². The second-order valence-corrected chi connectivity index (χ2v) is 9.57. The van der Waals surface area contributed by atoms with E-state index in [9.17, 15) is 19.5 Å². The lowest BCUT2D eigenvalue weighted by Crippen LogP contribution is -2.50. The van der Waals surface area contributed by atoms with Crippen molar-refractivity contribution in [3.05, 3.63) is 75.0 Å². The number of amides is 2. The number of fused-ring (bicyclic) bond motifs is 3. The molecule has 0 bridgehead atoms. The molecular formula is C25H24N6O4. The minimum Gasteiger partial charge on any atom is -0.384 e. The van der Waals surface area contributed by atoms with Crippen LogP contribution in [0.25, 0.3) is 0 Å². The number of nitrogens with one attached hydrogen (secondary N) is 3. The molecule has 3 aliphatic rings. The summed E-state index contributed by atoms with van der Waals surface area (Å²) in [5.74, 6) is 0.196. The molecule has 3 aromatic rings. The number of aryl methyl sites for hydroxylation is 2. The van der Waals surface area contributed by atoms with Crippen LogP contribution in [0.3, 0.4) is 0 Å². The number of hydrogen-bond acceptors (Lipinski definition) is 7. The molecule has 2 aliphatic carbocycles. The average Bonchev–Trinajstić information content (AvgIpc) is 3.58. The van der Waals surface area contributed by atoms with Crippen molar-refractivity contribution in [2.24, 2.45) is 5.92 Å². The molecule has 3 heterocycles. The van der Waals surface area contributed by atoms with Crippen LogP contribution in [-0.4, -0.2) is 31.5 Å². The van der Waals surface area contributed by atoms with E-state index in [1.807, 2.05) is 25.1 Å². The first-order chi connectivity index (χ1) is 16.8. The third kappa shape index (κ3) is 3.32. The maximum atomic E-state index is 13.7. The Hall–Kier alpha value is -4.05. The number of carbonyl (C=O) groups excluding carboxylic acids is 2. The Morgan fingerprint density at radius 2 is 1.91 bits per heavy atom. The fraction of sp³-hybridized carbons (Fsp3) is 0.320. The maximum absolute atomic E-state index is 13.7. The van der Waals surface area contributed by atoms with Crippen molar-refractivity contribution in [3.63, 3.8) is 0 Å². The van der Waals surface area contributed by atoms with Gasteiger partial charge in [-0.15, -0.1) is 0 Å². The Bertz CT molecular complexity index is 1480. The molecule has 10 heteroatoms. The Morgan fingerprint density at radius 1 is 1.14 bits per heavy atom. The van der Waals surface area contributed by atoms with Gasteiger partial charge in [-0.2, -0.15) is 0 Å². The zero-order valence-electron chi connectivity index (χ0n) is 19.3. The first-order valence-corrected chi connectivity index (χ1v) is 11.5. The van der Waals surface area contributed by atoms with Gasteiger partial charge < -0.3 is 21.1 Å². The second-order valence-electron chi connectivity index (χ2n) is 9.57. The lowest BCUT2D eigenvalue weighted by atomic mass is 10.0. The van der Waals surface area contributed by atoms with E-state index in [0.29, 0.717) is 22.8 Å². The fourth-order valence-electron chi connectivity index (χ4n) is 5.10. The zero-order valence-corrected chi connectivity index (χ0v) is 19.3. The van der Waals surface area contributed by atoms with E-state index in [-0.39, 0.29) is 29.6 Å². The summed E-state index contributed by atoms with van der Waals surface area (Å²) < 4.78 is 1.38. The molecule has 1 unspecified atom stereocenters. The summed E-state index contributed by atoms with van der Waals surface area (Å²) in [5, 5.41) is 20.0. The van der Waals surface area contributed by atoms with Gasteiger partial charge in [-0.1, -0.05) is 23.8 Å². The topological polar surface area (TPSA) is 138 Å². The molecule has 6 rings (SSSR count). The molecule has 1 saturated carbocycles. The molecule has 4 N–H and O–H groups in total. The number of aliphatic hydroxyl groups excluding tert-OH is 1. The van der Waals surface area contributed by atoms with E-state index in [4.69, 9.17) is 0 Å². The monoisotopic (exact) mass is 472 g/mol. The largest absolute Gasteiger partial charge is 0.384 e. The van der Waals surface area contributed by atoms with Crippen LogP contribution in [0.1, 0.15) is 51.7 Å². The normalized spacial score (nSPS) is 22.0. The highest BCUT2D eigenvalue weighted by atomic mass is 16.3. The molecule has 1 fully saturated rings. The van der Waals surface area contributed by atoms with E-state index >= 15 is 0 Å². The average molecular weight is 473 g/mol.